The predicted molar refractivity (Wildman–Crippen MR) is 70.2 cm³/mol. The summed E-state index contributed by atoms with van der Waals surface area (Å²) in [6, 6.07) is 12.8. The van der Waals surface area contributed by atoms with Gasteiger partial charge >= 0.3 is 0 Å². The first-order valence-electron chi connectivity index (χ1n) is 5.10. The molecule has 0 aliphatic heterocycles. The van der Waals surface area contributed by atoms with Gasteiger partial charge in [0, 0.05) is 4.47 Å². The molecule has 0 saturated carbocycles. The number of allylic oxidation sites excluding steroid dienone is 2. The van der Waals surface area contributed by atoms with Gasteiger partial charge in [-0.15, -0.1) is 0 Å². The van der Waals surface area contributed by atoms with E-state index in [1.54, 1.807) is 0 Å². The zero-order valence-corrected chi connectivity index (χ0v) is 10.3. The van der Waals surface area contributed by atoms with Gasteiger partial charge in [-0.25, -0.2) is 0 Å². The first-order chi connectivity index (χ1) is 7.33. The summed E-state index contributed by atoms with van der Waals surface area (Å²) in [5, 5.41) is 2.63. The van der Waals surface area contributed by atoms with Gasteiger partial charge in [-0.05, 0) is 35.7 Å². The first-order valence-corrected chi connectivity index (χ1v) is 5.89. The fourth-order valence-electron chi connectivity index (χ4n) is 1.76. The van der Waals surface area contributed by atoms with E-state index in [0.29, 0.717) is 0 Å². The Balaban J connectivity index is 2.60. The fourth-order valence-corrected chi connectivity index (χ4v) is 2.26. The van der Waals surface area contributed by atoms with Gasteiger partial charge in [0.2, 0.25) is 0 Å². The Kier molecular flexibility index (Phi) is 3.22. The second-order valence-corrected chi connectivity index (χ2v) is 4.38. The molecular weight excluding hydrogens is 248 g/mol. The van der Waals surface area contributed by atoms with Crippen molar-refractivity contribution in [2.45, 2.75) is 13.3 Å². The zero-order valence-electron chi connectivity index (χ0n) is 8.70. The highest BCUT2D eigenvalue weighted by molar-refractivity contribution is 9.10. The van der Waals surface area contributed by atoms with Crippen molar-refractivity contribution in [3.05, 3.63) is 58.6 Å². The van der Waals surface area contributed by atoms with Gasteiger partial charge in [0.1, 0.15) is 0 Å². The molecule has 0 bridgehead atoms. The summed E-state index contributed by atoms with van der Waals surface area (Å²) < 4.78 is 1.17. The normalized spacial score (nSPS) is 11.3. The molecule has 0 heterocycles. The number of hydrogen-bond acceptors (Lipinski definition) is 0. The van der Waals surface area contributed by atoms with Crippen molar-refractivity contribution in [2.75, 3.05) is 0 Å². The lowest BCUT2D eigenvalue weighted by Crippen LogP contribution is -1.84. The van der Waals surface area contributed by atoms with Crippen LogP contribution >= 0.6 is 15.9 Å². The van der Waals surface area contributed by atoms with Crippen molar-refractivity contribution in [3.63, 3.8) is 0 Å². The highest BCUT2D eigenvalue weighted by Gasteiger charge is 2.01. The molecule has 0 nitrogen and oxygen atoms in total. The average molecular weight is 261 g/mol. The van der Waals surface area contributed by atoms with Gasteiger partial charge in [0.15, 0.2) is 0 Å². The summed E-state index contributed by atoms with van der Waals surface area (Å²) >= 11 is 3.58. The highest BCUT2D eigenvalue weighted by Crippen LogP contribution is 2.26. The maximum absolute atomic E-state index is 3.58. The van der Waals surface area contributed by atoms with E-state index in [0.717, 1.165) is 6.42 Å². The quantitative estimate of drug-likeness (QED) is 0.686. The smallest absolute Gasteiger partial charge is 0.0253 e. The molecule has 2 rings (SSSR count). The van der Waals surface area contributed by atoms with Crippen LogP contribution in [0.4, 0.5) is 0 Å². The molecule has 15 heavy (non-hydrogen) atoms. The minimum absolute atomic E-state index is 1.00. The lowest BCUT2D eigenvalue weighted by Gasteiger charge is -2.05. The second-order valence-electron chi connectivity index (χ2n) is 3.53. The maximum Gasteiger partial charge on any atom is 0.0253 e. The standard InChI is InChI=1S/C14H13Br/c1-2-3-6-11-7-4-9-13-12(11)8-5-10-14(13)15/h2-5,7-10H,6H2,1H3. The van der Waals surface area contributed by atoms with Crippen molar-refractivity contribution in [1.29, 1.82) is 0 Å². The molecule has 0 aromatic heterocycles. The van der Waals surface area contributed by atoms with E-state index in [-0.39, 0.29) is 0 Å². The average Bonchev–Trinajstić information content (AvgIpc) is 2.27. The van der Waals surface area contributed by atoms with Crippen LogP contribution in [0.5, 0.6) is 0 Å². The molecule has 0 radical (unpaired) electrons. The molecule has 0 amide bonds. The minimum atomic E-state index is 1.00. The number of rotatable bonds is 2. The van der Waals surface area contributed by atoms with E-state index in [1.807, 2.05) is 0 Å². The molecule has 0 spiro atoms. The molecular formula is C14H13Br. The summed E-state index contributed by atoms with van der Waals surface area (Å²) in [4.78, 5) is 0. The summed E-state index contributed by atoms with van der Waals surface area (Å²) in [6.45, 7) is 2.06. The van der Waals surface area contributed by atoms with Crippen LogP contribution in [0.2, 0.25) is 0 Å². The van der Waals surface area contributed by atoms with Gasteiger partial charge < -0.3 is 0 Å². The van der Waals surface area contributed by atoms with Crippen LogP contribution in [-0.4, -0.2) is 0 Å². The Bertz CT molecular complexity index is 498. The van der Waals surface area contributed by atoms with Crippen LogP contribution in [0, 0.1) is 0 Å². The van der Waals surface area contributed by atoms with Crippen molar-refractivity contribution in [1.82, 2.24) is 0 Å². The Hall–Kier alpha value is -1.08. The minimum Gasteiger partial charge on any atom is -0.0913 e. The van der Waals surface area contributed by atoms with Gasteiger partial charge in [-0.2, -0.15) is 0 Å². The van der Waals surface area contributed by atoms with Gasteiger partial charge in [0.25, 0.3) is 0 Å². The molecule has 76 valence electrons. The van der Waals surface area contributed by atoms with E-state index in [9.17, 15) is 0 Å². The van der Waals surface area contributed by atoms with Crippen molar-refractivity contribution >= 4 is 26.7 Å². The van der Waals surface area contributed by atoms with Gasteiger partial charge in [0.05, 0.1) is 0 Å². The number of benzene rings is 2. The van der Waals surface area contributed by atoms with Crippen molar-refractivity contribution < 1.29 is 0 Å². The molecule has 0 N–H and O–H groups in total. The van der Waals surface area contributed by atoms with Crippen LogP contribution in [0.1, 0.15) is 12.5 Å². The third-order valence-electron chi connectivity index (χ3n) is 2.53. The lowest BCUT2D eigenvalue weighted by atomic mass is 10.0. The Labute approximate surface area is 98.8 Å². The van der Waals surface area contributed by atoms with E-state index >= 15 is 0 Å². The fraction of sp³-hybridized carbons (Fsp3) is 0.143. The van der Waals surface area contributed by atoms with Crippen LogP contribution in [0.3, 0.4) is 0 Å². The SMILES string of the molecule is CC=CCc1cccc2c(Br)cccc12. The molecule has 0 atom stereocenters. The second kappa shape index (κ2) is 4.63. The topological polar surface area (TPSA) is 0 Å². The molecule has 0 saturated heterocycles. The molecule has 0 aliphatic rings. The Morgan fingerprint density at radius 1 is 1.07 bits per heavy atom. The number of hydrogen-bond donors (Lipinski definition) is 0. The van der Waals surface area contributed by atoms with Crippen LogP contribution in [0.15, 0.2) is 53.0 Å². The van der Waals surface area contributed by atoms with Crippen molar-refractivity contribution in [3.8, 4) is 0 Å². The summed E-state index contributed by atoms with van der Waals surface area (Å²) in [5.41, 5.74) is 1.38. The molecule has 0 unspecified atom stereocenters. The highest BCUT2D eigenvalue weighted by atomic mass is 79.9. The van der Waals surface area contributed by atoms with E-state index in [4.69, 9.17) is 0 Å². The Morgan fingerprint density at radius 3 is 2.60 bits per heavy atom. The number of fused-ring (bicyclic) bond motifs is 1. The third-order valence-corrected chi connectivity index (χ3v) is 3.22. The summed E-state index contributed by atoms with van der Waals surface area (Å²) in [5.74, 6) is 0. The third kappa shape index (κ3) is 2.13. The van der Waals surface area contributed by atoms with Gasteiger partial charge in [-0.3, -0.25) is 0 Å². The zero-order chi connectivity index (χ0) is 10.7. The maximum atomic E-state index is 3.58. The van der Waals surface area contributed by atoms with Crippen LogP contribution < -0.4 is 0 Å². The first kappa shape index (κ1) is 10.4. The number of halogens is 1. The molecule has 2 aromatic carbocycles. The Morgan fingerprint density at radius 2 is 1.80 bits per heavy atom. The lowest BCUT2D eigenvalue weighted by molar-refractivity contribution is 1.29. The van der Waals surface area contributed by atoms with Crippen molar-refractivity contribution in [2.24, 2.45) is 0 Å². The molecule has 0 fully saturated rings. The monoisotopic (exact) mass is 260 g/mol. The largest absolute Gasteiger partial charge is 0.0913 e. The van der Waals surface area contributed by atoms with Crippen LogP contribution in [-0.2, 0) is 6.42 Å². The summed E-state index contributed by atoms with van der Waals surface area (Å²) in [6.07, 6.45) is 5.29. The summed E-state index contributed by atoms with van der Waals surface area (Å²) in [7, 11) is 0. The molecule has 2 aromatic rings. The van der Waals surface area contributed by atoms with E-state index in [1.165, 1.54) is 20.8 Å². The molecule has 1 heteroatoms. The molecule has 0 aliphatic carbocycles. The van der Waals surface area contributed by atoms with Crippen LogP contribution in [0.25, 0.3) is 10.8 Å². The predicted octanol–water partition coefficient (Wildman–Crippen LogP) is 4.72. The van der Waals surface area contributed by atoms with Gasteiger partial charge in [-0.1, -0.05) is 58.4 Å². The van der Waals surface area contributed by atoms with E-state index in [2.05, 4.69) is 71.4 Å². The van der Waals surface area contributed by atoms with E-state index < -0.39 is 0 Å².